The monoisotopic (exact) mass is 458 g/mol. The van der Waals surface area contributed by atoms with Crippen LogP contribution in [0, 0.1) is 0 Å². The van der Waals surface area contributed by atoms with Crippen LogP contribution in [0.2, 0.25) is 0 Å². The zero-order valence-electron chi connectivity index (χ0n) is 18.2. The molecule has 0 saturated heterocycles. The Hall–Kier alpha value is -3.36. The Bertz CT molecular complexity index is 1160. The number of hydrogen-bond acceptors (Lipinski definition) is 4. The van der Waals surface area contributed by atoms with Crippen LogP contribution in [-0.4, -0.2) is 33.2 Å². The molecule has 4 rings (SSSR count). The molecule has 0 spiro atoms. The quantitative estimate of drug-likeness (QED) is 0.565. The first-order valence-electron chi connectivity index (χ1n) is 10.9. The molecule has 1 aliphatic rings. The number of fused-ring (bicyclic) bond motifs is 1. The number of anilines is 1. The van der Waals surface area contributed by atoms with Gasteiger partial charge in [-0.25, -0.2) is 4.98 Å². The zero-order chi connectivity index (χ0) is 23.6. The maximum absolute atomic E-state index is 13.0. The second-order valence-electron chi connectivity index (χ2n) is 8.51. The highest BCUT2D eigenvalue weighted by molar-refractivity contribution is 5.94. The van der Waals surface area contributed by atoms with Crippen molar-refractivity contribution in [2.45, 2.75) is 57.3 Å². The predicted molar refractivity (Wildman–Crippen MR) is 118 cm³/mol. The Labute approximate surface area is 189 Å². The summed E-state index contributed by atoms with van der Waals surface area (Å²) < 4.78 is 40.5. The topological polar surface area (TPSA) is 75.5 Å². The molecule has 0 radical (unpaired) electrons. The molecule has 1 saturated carbocycles. The standard InChI is InChI=1S/C24H25F3N4O2/c1-15(32)12-16-4-2-5-17(13-16)23(33)29-19-10-8-18(9-11-19)28-21-6-3-7-22-30-20(14-31(21)22)24(25,26)27/h2-7,13-14,18-19,28H,8-12H2,1H3,(H,29,33). The first-order chi connectivity index (χ1) is 15.7. The fourth-order valence-electron chi connectivity index (χ4n) is 4.23. The number of benzene rings is 1. The lowest BCUT2D eigenvalue weighted by atomic mass is 9.91. The molecule has 0 unspecified atom stereocenters. The smallest absolute Gasteiger partial charge is 0.368 e. The zero-order valence-corrected chi connectivity index (χ0v) is 18.2. The molecule has 0 bridgehead atoms. The summed E-state index contributed by atoms with van der Waals surface area (Å²) >= 11 is 0. The van der Waals surface area contributed by atoms with Crippen molar-refractivity contribution in [3.63, 3.8) is 0 Å². The number of carbonyl (C=O) groups is 2. The number of hydrogen-bond donors (Lipinski definition) is 2. The van der Waals surface area contributed by atoms with E-state index in [9.17, 15) is 22.8 Å². The van der Waals surface area contributed by atoms with Crippen molar-refractivity contribution in [1.29, 1.82) is 0 Å². The van der Waals surface area contributed by atoms with Gasteiger partial charge in [-0.05, 0) is 62.4 Å². The SMILES string of the molecule is CC(=O)Cc1cccc(C(=O)NC2CCC(Nc3cccc4nc(C(F)(F)F)cn34)CC2)c1. The lowest BCUT2D eigenvalue weighted by Crippen LogP contribution is -2.40. The van der Waals surface area contributed by atoms with Gasteiger partial charge in [-0.2, -0.15) is 13.2 Å². The highest BCUT2D eigenvalue weighted by atomic mass is 19.4. The average molecular weight is 458 g/mol. The van der Waals surface area contributed by atoms with Crippen LogP contribution < -0.4 is 10.6 Å². The van der Waals surface area contributed by atoms with Crippen molar-refractivity contribution in [2.24, 2.45) is 0 Å². The highest BCUT2D eigenvalue weighted by Crippen LogP contribution is 2.30. The van der Waals surface area contributed by atoms with Gasteiger partial charge in [-0.1, -0.05) is 18.2 Å². The summed E-state index contributed by atoms with van der Waals surface area (Å²) in [5, 5.41) is 6.39. The maximum Gasteiger partial charge on any atom is 0.434 e. The number of pyridine rings is 1. The molecule has 174 valence electrons. The molecule has 2 aromatic heterocycles. The minimum atomic E-state index is -4.49. The second kappa shape index (κ2) is 9.25. The third kappa shape index (κ3) is 5.53. The van der Waals surface area contributed by atoms with Gasteiger partial charge in [0, 0.05) is 30.3 Å². The largest absolute Gasteiger partial charge is 0.434 e. The van der Waals surface area contributed by atoms with Crippen molar-refractivity contribution in [2.75, 3.05) is 5.32 Å². The first kappa shape index (κ1) is 22.8. The summed E-state index contributed by atoms with van der Waals surface area (Å²) in [6, 6.07) is 12.1. The number of rotatable bonds is 6. The highest BCUT2D eigenvalue weighted by Gasteiger charge is 2.34. The van der Waals surface area contributed by atoms with E-state index in [1.807, 2.05) is 6.07 Å². The number of aromatic nitrogens is 2. The number of Topliss-reactive ketones (excluding diaryl/α,β-unsaturated/α-hetero) is 1. The lowest BCUT2D eigenvalue weighted by molar-refractivity contribution is -0.140. The normalized spacial score (nSPS) is 18.8. The van der Waals surface area contributed by atoms with Crippen LogP contribution >= 0.6 is 0 Å². The second-order valence-corrected chi connectivity index (χ2v) is 8.51. The number of imidazole rings is 1. The van der Waals surface area contributed by atoms with Crippen molar-refractivity contribution in [3.8, 4) is 0 Å². The van der Waals surface area contributed by atoms with Crippen LogP contribution in [0.15, 0.2) is 48.7 Å². The molecule has 3 aromatic rings. The molecule has 6 nitrogen and oxygen atoms in total. The van der Waals surface area contributed by atoms with E-state index in [0.717, 1.165) is 37.4 Å². The third-order valence-corrected chi connectivity index (χ3v) is 5.84. The van der Waals surface area contributed by atoms with Crippen LogP contribution in [0.4, 0.5) is 19.0 Å². The molecule has 0 aliphatic heterocycles. The minimum Gasteiger partial charge on any atom is -0.368 e. The van der Waals surface area contributed by atoms with E-state index in [4.69, 9.17) is 0 Å². The van der Waals surface area contributed by atoms with Crippen LogP contribution in [0.3, 0.4) is 0 Å². The van der Waals surface area contributed by atoms with Gasteiger partial charge in [-0.3, -0.25) is 14.0 Å². The van der Waals surface area contributed by atoms with E-state index < -0.39 is 11.9 Å². The fraction of sp³-hybridized carbons (Fsp3) is 0.375. The summed E-state index contributed by atoms with van der Waals surface area (Å²) in [4.78, 5) is 27.6. The first-order valence-corrected chi connectivity index (χ1v) is 10.9. The van der Waals surface area contributed by atoms with Crippen molar-refractivity contribution in [1.82, 2.24) is 14.7 Å². The Balaban J connectivity index is 1.35. The molecule has 1 aromatic carbocycles. The molecule has 0 atom stereocenters. The molecule has 2 N–H and O–H groups in total. The van der Waals surface area contributed by atoms with Crippen molar-refractivity contribution >= 4 is 23.2 Å². The number of nitrogens with one attached hydrogen (secondary N) is 2. The number of halogens is 3. The molecular formula is C24H25F3N4O2. The minimum absolute atomic E-state index is 0.0212. The molecular weight excluding hydrogens is 433 g/mol. The Morgan fingerprint density at radius 2 is 1.76 bits per heavy atom. The van der Waals surface area contributed by atoms with Gasteiger partial charge in [0.2, 0.25) is 0 Å². The van der Waals surface area contributed by atoms with Gasteiger partial charge >= 0.3 is 6.18 Å². The van der Waals surface area contributed by atoms with E-state index in [2.05, 4.69) is 15.6 Å². The molecule has 1 fully saturated rings. The third-order valence-electron chi connectivity index (χ3n) is 5.84. The number of amides is 1. The van der Waals surface area contributed by atoms with Gasteiger partial charge in [0.1, 0.15) is 17.2 Å². The van der Waals surface area contributed by atoms with Crippen LogP contribution in [0.1, 0.15) is 54.2 Å². The van der Waals surface area contributed by atoms with Crippen LogP contribution in [0.5, 0.6) is 0 Å². The summed E-state index contributed by atoms with van der Waals surface area (Å²) in [6.07, 6.45) is -0.144. The van der Waals surface area contributed by atoms with E-state index >= 15 is 0 Å². The van der Waals surface area contributed by atoms with Crippen LogP contribution in [-0.2, 0) is 17.4 Å². The van der Waals surface area contributed by atoms with Crippen molar-refractivity contribution < 1.29 is 22.8 Å². The molecule has 33 heavy (non-hydrogen) atoms. The maximum atomic E-state index is 13.0. The van der Waals surface area contributed by atoms with Gasteiger partial charge in [0.05, 0.1) is 0 Å². The average Bonchev–Trinajstić information content (AvgIpc) is 3.21. The summed E-state index contributed by atoms with van der Waals surface area (Å²) in [7, 11) is 0. The Kier molecular flexibility index (Phi) is 6.40. The molecule has 1 amide bonds. The van der Waals surface area contributed by atoms with Crippen molar-refractivity contribution in [3.05, 3.63) is 65.5 Å². The van der Waals surface area contributed by atoms with E-state index in [-0.39, 0.29) is 29.4 Å². The van der Waals surface area contributed by atoms with E-state index in [1.165, 1.54) is 17.4 Å². The summed E-state index contributed by atoms with van der Waals surface area (Å²) in [6.45, 7) is 1.52. The van der Waals surface area contributed by atoms with E-state index in [0.29, 0.717) is 17.8 Å². The Morgan fingerprint density at radius 3 is 2.45 bits per heavy atom. The fourth-order valence-corrected chi connectivity index (χ4v) is 4.23. The van der Waals surface area contributed by atoms with Gasteiger partial charge in [0.25, 0.3) is 5.91 Å². The predicted octanol–water partition coefficient (Wildman–Crippen LogP) is 4.64. The lowest BCUT2D eigenvalue weighted by Gasteiger charge is -2.30. The van der Waals surface area contributed by atoms with Gasteiger partial charge in [-0.15, -0.1) is 0 Å². The molecule has 1 aliphatic carbocycles. The molecule has 2 heterocycles. The molecule has 9 heteroatoms. The van der Waals surface area contributed by atoms with E-state index in [1.54, 1.807) is 30.3 Å². The number of carbonyl (C=O) groups excluding carboxylic acids is 2. The summed E-state index contributed by atoms with van der Waals surface area (Å²) in [5.41, 5.74) is 0.655. The van der Waals surface area contributed by atoms with Crippen LogP contribution in [0.25, 0.3) is 5.65 Å². The Morgan fingerprint density at radius 1 is 1.06 bits per heavy atom. The van der Waals surface area contributed by atoms with Gasteiger partial charge < -0.3 is 10.6 Å². The van der Waals surface area contributed by atoms with Gasteiger partial charge in [0.15, 0.2) is 5.69 Å². The number of ketones is 1. The number of alkyl halides is 3. The summed E-state index contributed by atoms with van der Waals surface area (Å²) in [5.74, 6) is 0.435. The number of nitrogens with zero attached hydrogens (tertiary/aromatic N) is 2.